The highest BCUT2D eigenvalue weighted by molar-refractivity contribution is 5.39. The first-order valence-electron chi connectivity index (χ1n) is 8.92. The minimum absolute atomic E-state index is 0.0185. The van der Waals surface area contributed by atoms with E-state index in [4.69, 9.17) is 5.26 Å². The Morgan fingerprint density at radius 2 is 1.75 bits per heavy atom. The zero-order chi connectivity index (χ0) is 17.4. The van der Waals surface area contributed by atoms with Crippen LogP contribution in [0.25, 0.3) is 0 Å². The fraction of sp³-hybridized carbons (Fsp3) is 0.476. The maximum atomic E-state index is 13.7. The molecule has 24 heavy (non-hydrogen) atoms. The van der Waals surface area contributed by atoms with E-state index in [1.165, 1.54) is 56.2 Å². The first-order chi connectivity index (χ1) is 11.7. The molecule has 0 bridgehead atoms. The number of nitrogens with zero attached hydrogens (tertiary/aromatic N) is 1. The molecule has 0 saturated heterocycles. The molecule has 1 aliphatic rings. The highest BCUT2D eigenvalue weighted by Gasteiger charge is 2.16. The molecule has 1 nitrogen and oxygen atoms in total. The second-order valence-electron chi connectivity index (χ2n) is 6.47. The lowest BCUT2D eigenvalue weighted by atomic mass is 9.88. The van der Waals surface area contributed by atoms with Crippen molar-refractivity contribution < 1.29 is 8.78 Å². The van der Waals surface area contributed by atoms with Gasteiger partial charge in [-0.3, -0.25) is 0 Å². The van der Waals surface area contributed by atoms with E-state index >= 15 is 0 Å². The second kappa shape index (κ2) is 9.37. The van der Waals surface area contributed by atoms with Crippen molar-refractivity contribution in [2.75, 3.05) is 0 Å². The first kappa shape index (κ1) is 18.4. The van der Waals surface area contributed by atoms with E-state index in [0.717, 1.165) is 12.8 Å². The summed E-state index contributed by atoms with van der Waals surface area (Å²) < 4.78 is 27.5. The molecule has 3 heteroatoms. The number of halogens is 2. The van der Waals surface area contributed by atoms with Gasteiger partial charge in [0.25, 0.3) is 0 Å². The number of benzene rings is 1. The van der Waals surface area contributed by atoms with E-state index in [2.05, 4.69) is 19.1 Å². The number of hydrogen-bond donors (Lipinski definition) is 0. The van der Waals surface area contributed by atoms with E-state index in [1.54, 1.807) is 6.07 Å². The summed E-state index contributed by atoms with van der Waals surface area (Å²) in [6.45, 7) is 2.22. The van der Waals surface area contributed by atoms with E-state index in [-0.39, 0.29) is 5.92 Å². The second-order valence-corrected chi connectivity index (χ2v) is 6.47. The molecule has 0 amide bonds. The Morgan fingerprint density at radius 3 is 2.33 bits per heavy atom. The van der Waals surface area contributed by atoms with Crippen molar-refractivity contribution in [2.45, 2.75) is 64.2 Å². The zero-order valence-electron chi connectivity index (χ0n) is 14.3. The van der Waals surface area contributed by atoms with Gasteiger partial charge >= 0.3 is 0 Å². The smallest absolute Gasteiger partial charge is 0.144 e. The fourth-order valence-electron chi connectivity index (χ4n) is 3.12. The van der Waals surface area contributed by atoms with Crippen LogP contribution in [-0.2, 0) is 0 Å². The maximum Gasteiger partial charge on any atom is 0.144 e. The van der Waals surface area contributed by atoms with Crippen molar-refractivity contribution in [3.8, 4) is 6.07 Å². The number of unbranched alkanes of at least 4 members (excludes halogenated alkanes) is 5. The SMILES string of the molecule is CCCCCCCCC1=CCC(c2cc(F)c(C#N)c(F)c2)C=C1. The summed E-state index contributed by atoms with van der Waals surface area (Å²) >= 11 is 0. The Labute approximate surface area is 143 Å². The van der Waals surface area contributed by atoms with Crippen LogP contribution < -0.4 is 0 Å². The van der Waals surface area contributed by atoms with E-state index < -0.39 is 17.2 Å². The Kier molecular flexibility index (Phi) is 7.18. The van der Waals surface area contributed by atoms with E-state index in [1.807, 2.05) is 6.08 Å². The van der Waals surface area contributed by atoms with Crippen molar-refractivity contribution in [3.63, 3.8) is 0 Å². The molecule has 0 N–H and O–H groups in total. The predicted octanol–water partition coefficient (Wildman–Crippen LogP) is 6.56. The molecular weight excluding hydrogens is 304 g/mol. The third-order valence-electron chi connectivity index (χ3n) is 4.60. The van der Waals surface area contributed by atoms with Gasteiger partial charge in [-0.2, -0.15) is 5.26 Å². The molecule has 1 atom stereocenters. The topological polar surface area (TPSA) is 23.8 Å². The molecule has 1 aromatic rings. The van der Waals surface area contributed by atoms with Gasteiger partial charge in [-0.05, 0) is 37.0 Å². The lowest BCUT2D eigenvalue weighted by Crippen LogP contribution is -2.02. The van der Waals surface area contributed by atoms with Crippen LogP contribution in [0.3, 0.4) is 0 Å². The largest absolute Gasteiger partial charge is 0.205 e. The van der Waals surface area contributed by atoms with Crippen LogP contribution in [0.5, 0.6) is 0 Å². The van der Waals surface area contributed by atoms with Crippen LogP contribution in [0.15, 0.2) is 35.9 Å². The summed E-state index contributed by atoms with van der Waals surface area (Å²) in [4.78, 5) is 0. The highest BCUT2D eigenvalue weighted by atomic mass is 19.1. The first-order valence-corrected chi connectivity index (χ1v) is 8.92. The molecular formula is C21H25F2N. The standard InChI is InChI=1S/C21H25F2N/c1-2-3-4-5-6-7-8-16-9-11-17(12-10-16)18-13-20(22)19(15-24)21(23)14-18/h9-11,13-14,17H,2-8,12H2,1H3. The van der Waals surface area contributed by atoms with Crippen LogP contribution in [-0.4, -0.2) is 0 Å². The molecule has 128 valence electrons. The third kappa shape index (κ3) is 5.03. The summed E-state index contributed by atoms with van der Waals surface area (Å²) in [5.74, 6) is -1.57. The summed E-state index contributed by atoms with van der Waals surface area (Å²) in [7, 11) is 0. The molecule has 0 spiro atoms. The monoisotopic (exact) mass is 329 g/mol. The Morgan fingerprint density at radius 1 is 1.08 bits per heavy atom. The molecule has 0 saturated carbocycles. The molecule has 1 aromatic carbocycles. The molecule has 1 aliphatic carbocycles. The van der Waals surface area contributed by atoms with Crippen molar-refractivity contribution in [1.29, 1.82) is 5.26 Å². The van der Waals surface area contributed by atoms with Crippen molar-refractivity contribution in [2.24, 2.45) is 0 Å². The van der Waals surface area contributed by atoms with Crippen molar-refractivity contribution in [3.05, 3.63) is 58.7 Å². The number of allylic oxidation sites excluding steroid dienone is 4. The molecule has 0 aromatic heterocycles. The lowest BCUT2D eigenvalue weighted by molar-refractivity contribution is 0.571. The molecule has 0 fully saturated rings. The van der Waals surface area contributed by atoms with Gasteiger partial charge in [0.05, 0.1) is 0 Å². The van der Waals surface area contributed by atoms with Gasteiger partial charge in [0.1, 0.15) is 23.3 Å². The molecule has 2 rings (SSSR count). The minimum Gasteiger partial charge on any atom is -0.205 e. The number of rotatable bonds is 8. The van der Waals surface area contributed by atoms with Crippen LogP contribution in [0.4, 0.5) is 8.78 Å². The van der Waals surface area contributed by atoms with Gasteiger partial charge in [-0.1, -0.05) is 62.8 Å². The highest BCUT2D eigenvalue weighted by Crippen LogP contribution is 2.30. The summed E-state index contributed by atoms with van der Waals surface area (Å²) in [5.41, 5.74) is 1.41. The Bertz CT molecular complexity index is 629. The van der Waals surface area contributed by atoms with Crippen LogP contribution in [0, 0.1) is 23.0 Å². The molecule has 0 radical (unpaired) electrons. The van der Waals surface area contributed by atoms with E-state index in [9.17, 15) is 8.78 Å². The average Bonchev–Trinajstić information content (AvgIpc) is 2.58. The fourth-order valence-corrected chi connectivity index (χ4v) is 3.12. The van der Waals surface area contributed by atoms with E-state index in [0.29, 0.717) is 5.56 Å². The summed E-state index contributed by atoms with van der Waals surface area (Å²) in [5, 5.41) is 8.73. The van der Waals surface area contributed by atoms with Gasteiger partial charge in [-0.15, -0.1) is 0 Å². The average molecular weight is 329 g/mol. The third-order valence-corrected chi connectivity index (χ3v) is 4.60. The van der Waals surface area contributed by atoms with Crippen LogP contribution in [0.1, 0.15) is 75.3 Å². The lowest BCUT2D eigenvalue weighted by Gasteiger charge is -2.17. The summed E-state index contributed by atoms with van der Waals surface area (Å²) in [6.07, 6.45) is 15.8. The zero-order valence-corrected chi connectivity index (χ0v) is 14.3. The van der Waals surface area contributed by atoms with Gasteiger partial charge in [0, 0.05) is 5.92 Å². The molecule has 1 unspecified atom stereocenters. The van der Waals surface area contributed by atoms with Crippen molar-refractivity contribution in [1.82, 2.24) is 0 Å². The quantitative estimate of drug-likeness (QED) is 0.496. The van der Waals surface area contributed by atoms with Gasteiger partial charge < -0.3 is 0 Å². The van der Waals surface area contributed by atoms with Gasteiger partial charge in [0.15, 0.2) is 0 Å². The Hall–Kier alpha value is -1.95. The van der Waals surface area contributed by atoms with Crippen LogP contribution >= 0.6 is 0 Å². The molecule has 0 aliphatic heterocycles. The predicted molar refractivity (Wildman–Crippen MR) is 93.6 cm³/mol. The minimum atomic E-state index is -0.775. The molecule has 0 heterocycles. The van der Waals surface area contributed by atoms with Crippen LogP contribution in [0.2, 0.25) is 0 Å². The van der Waals surface area contributed by atoms with Crippen molar-refractivity contribution >= 4 is 0 Å². The summed E-state index contributed by atoms with van der Waals surface area (Å²) in [6, 6.07) is 4.12. The maximum absolute atomic E-state index is 13.7. The number of hydrogen-bond acceptors (Lipinski definition) is 1. The normalized spacial score (nSPS) is 16.8. The Balaban J connectivity index is 1.85. The number of nitriles is 1. The van der Waals surface area contributed by atoms with Gasteiger partial charge in [0.2, 0.25) is 0 Å². The van der Waals surface area contributed by atoms with Gasteiger partial charge in [-0.25, -0.2) is 8.78 Å².